The number of hydrogen-bond acceptors (Lipinski definition) is 14. The lowest BCUT2D eigenvalue weighted by molar-refractivity contribution is -0.136. The van der Waals surface area contributed by atoms with Gasteiger partial charge in [-0.3, -0.25) is 24.1 Å². The summed E-state index contributed by atoms with van der Waals surface area (Å²) in [5, 5.41) is 8.36. The molecule has 386 valence electrons. The molecule has 0 radical (unpaired) electrons. The summed E-state index contributed by atoms with van der Waals surface area (Å²) >= 11 is 0. The van der Waals surface area contributed by atoms with E-state index in [1.165, 1.54) is 0 Å². The Hall–Kier alpha value is -6.52. The third-order valence-corrected chi connectivity index (χ3v) is 13.8. The van der Waals surface area contributed by atoms with Gasteiger partial charge in [-0.25, -0.2) is 19.9 Å². The summed E-state index contributed by atoms with van der Waals surface area (Å²) < 4.78 is 23.6. The molecule has 1 aliphatic rings. The number of methoxy groups -OCH3 is 2. The van der Waals surface area contributed by atoms with E-state index < -0.39 is 11.6 Å². The first-order chi connectivity index (χ1) is 34.7. The maximum absolute atomic E-state index is 13.2. The van der Waals surface area contributed by atoms with Crippen LogP contribution in [0, 0.1) is 5.92 Å². The second kappa shape index (κ2) is 26.3. The highest BCUT2D eigenvalue weighted by Gasteiger charge is 2.34. The van der Waals surface area contributed by atoms with Crippen molar-refractivity contribution in [1.29, 1.82) is 0 Å². The Morgan fingerprint density at radius 3 is 1.75 bits per heavy atom. The lowest BCUT2D eigenvalue weighted by atomic mass is 10.0. The Kier molecular flexibility index (Phi) is 20.0. The number of Topliss-reactive ketones (excluding diaryl/α,β-unsaturated/α-hetero) is 2. The molecule has 1 saturated heterocycles. The maximum atomic E-state index is 13.2. The van der Waals surface area contributed by atoms with Crippen molar-refractivity contribution in [1.82, 2.24) is 40.4 Å². The number of amides is 2. The van der Waals surface area contributed by atoms with Crippen LogP contribution in [0.25, 0.3) is 44.5 Å². The molecule has 1 unspecified atom stereocenters. The minimum absolute atomic E-state index is 0.0288. The van der Waals surface area contributed by atoms with Gasteiger partial charge in [0.15, 0.2) is 11.5 Å². The molecule has 2 N–H and O–H groups in total. The molecule has 72 heavy (non-hydrogen) atoms. The number of pyridine rings is 2. The minimum atomic E-state index is -0.702. The number of ketones is 2. The number of carbonyl (C=O) groups is 4. The predicted molar refractivity (Wildman–Crippen MR) is 279 cm³/mol. The van der Waals surface area contributed by atoms with E-state index in [2.05, 4.69) is 30.6 Å². The van der Waals surface area contributed by atoms with E-state index in [0.29, 0.717) is 85.1 Å². The van der Waals surface area contributed by atoms with Crippen LogP contribution >= 0.6 is 0 Å². The molecule has 0 bridgehead atoms. The van der Waals surface area contributed by atoms with E-state index in [9.17, 15) is 19.2 Å². The van der Waals surface area contributed by atoms with Crippen LogP contribution in [0.1, 0.15) is 135 Å². The number of likely N-dealkylation sites (N-methyl/N-ethyl adjacent to an activating group) is 1. The zero-order valence-electron chi connectivity index (χ0n) is 43.7. The topological polar surface area (TPSA) is 195 Å². The number of rotatable bonds is 25. The Bertz CT molecular complexity index is 2740. The number of ether oxygens (including phenoxy) is 2. The molecule has 2 amide bonds. The molecular formula is C56H74N8O8. The van der Waals surface area contributed by atoms with E-state index in [1.54, 1.807) is 31.5 Å². The van der Waals surface area contributed by atoms with E-state index >= 15 is 0 Å². The molecule has 7 rings (SSSR count). The van der Waals surface area contributed by atoms with E-state index in [4.69, 9.17) is 18.3 Å². The summed E-state index contributed by atoms with van der Waals surface area (Å²) in [4.78, 5) is 71.7. The third-order valence-electron chi connectivity index (χ3n) is 13.8. The fourth-order valence-corrected chi connectivity index (χ4v) is 8.62. The monoisotopic (exact) mass is 987 g/mol. The molecule has 16 nitrogen and oxygen atoms in total. The Morgan fingerprint density at radius 1 is 0.736 bits per heavy atom. The molecule has 6 aromatic rings. The van der Waals surface area contributed by atoms with Crippen LogP contribution < -0.4 is 20.1 Å². The van der Waals surface area contributed by atoms with Gasteiger partial charge < -0.3 is 33.8 Å². The first kappa shape index (κ1) is 54.8. The van der Waals surface area contributed by atoms with Crippen molar-refractivity contribution in [2.45, 2.75) is 129 Å². The molecule has 0 saturated carbocycles. The van der Waals surface area contributed by atoms with Crippen LogP contribution in [0.15, 0.2) is 81.9 Å². The highest BCUT2D eigenvalue weighted by Crippen LogP contribution is 2.37. The van der Waals surface area contributed by atoms with Crippen LogP contribution in [-0.4, -0.2) is 107 Å². The van der Waals surface area contributed by atoms with Gasteiger partial charge in [0.25, 0.3) is 0 Å². The number of para-hydroxylation sites is 2. The molecule has 5 heterocycles. The number of benzene rings is 2. The van der Waals surface area contributed by atoms with Crippen LogP contribution in [0.2, 0.25) is 0 Å². The summed E-state index contributed by atoms with van der Waals surface area (Å²) in [7, 11) is 8.76. The van der Waals surface area contributed by atoms with Crippen molar-refractivity contribution in [2.75, 3.05) is 48.5 Å². The summed E-state index contributed by atoms with van der Waals surface area (Å²) in [5.41, 5.74) is 2.39. The summed E-state index contributed by atoms with van der Waals surface area (Å²) in [5.74, 6) is 3.49. The number of hydrogen-bond donors (Lipinski definition) is 2. The first-order valence-corrected chi connectivity index (χ1v) is 25.5. The molecule has 1 aliphatic heterocycles. The van der Waals surface area contributed by atoms with Crippen molar-refractivity contribution in [3.63, 3.8) is 0 Å². The standard InChI is InChI=1S/C28H36N4O4.C28H38N4O4/c1-4-21(33)11-6-5-7-13-24(32(2)28(34)20-14-15-29-17-20)27-30-18-25(36-27)22-16-19-10-8-9-12-23(19)31-26(22)35-3;1-7-20(33)14-9-8-10-16-23(31-27(34)28(2,3)32(4)5)26-29-18-24(36-26)21-17-19-13-11-12-15-22(19)30-25(21)35-6/h8-10,12,16,18,20,24,29H,4-7,11,13-15,17H2,1-3H3;11-13,15,17-18,23H,7-10,14,16H2,1-6H3,(H,31,34)/t20-,24-;/m0./s1. The average molecular weight is 987 g/mol. The first-order valence-electron chi connectivity index (χ1n) is 25.5. The summed E-state index contributed by atoms with van der Waals surface area (Å²) in [6.07, 6.45) is 13.1. The van der Waals surface area contributed by atoms with E-state index in [1.807, 2.05) is 114 Å². The number of nitrogens with one attached hydrogen (secondary N) is 2. The van der Waals surface area contributed by atoms with Crippen molar-refractivity contribution in [2.24, 2.45) is 5.92 Å². The molecule has 0 spiro atoms. The van der Waals surface area contributed by atoms with Gasteiger partial charge in [-0.05, 0) is 90.9 Å². The minimum Gasteiger partial charge on any atom is -0.480 e. The SMILES string of the molecule is CCC(=O)CCCCCC(NC(=O)C(C)(C)N(C)C)c1ncc(-c2cc3ccccc3nc2OC)o1.CCC(=O)CCCCC[C@@H](c1ncc(-c2cc3ccccc3nc2OC)o1)N(C)C(=O)[C@H]1CCNC1. The average Bonchev–Trinajstić information content (AvgIpc) is 4.22. The molecular weight excluding hydrogens is 913 g/mol. The third kappa shape index (κ3) is 14.1. The van der Waals surface area contributed by atoms with Crippen LogP contribution in [0.4, 0.5) is 0 Å². The molecule has 2 aromatic carbocycles. The maximum Gasteiger partial charge on any atom is 0.240 e. The van der Waals surface area contributed by atoms with Gasteiger partial charge in [0.1, 0.15) is 23.7 Å². The molecule has 4 aromatic heterocycles. The lowest BCUT2D eigenvalue weighted by Gasteiger charge is -2.32. The van der Waals surface area contributed by atoms with Gasteiger partial charge in [-0.15, -0.1) is 0 Å². The zero-order chi connectivity index (χ0) is 51.8. The zero-order valence-corrected chi connectivity index (χ0v) is 43.7. The van der Waals surface area contributed by atoms with Gasteiger partial charge >= 0.3 is 0 Å². The van der Waals surface area contributed by atoms with Crippen LogP contribution in [0.5, 0.6) is 11.8 Å². The highest BCUT2D eigenvalue weighted by atomic mass is 16.5. The number of oxazole rings is 2. The number of aromatic nitrogens is 4. The molecule has 3 atom stereocenters. The van der Waals surface area contributed by atoms with Crippen LogP contribution in [0.3, 0.4) is 0 Å². The second-order valence-electron chi connectivity index (χ2n) is 19.2. The number of carbonyl (C=O) groups excluding carboxylic acids is 4. The van der Waals surface area contributed by atoms with E-state index in [0.717, 1.165) is 85.3 Å². The van der Waals surface area contributed by atoms with Gasteiger partial charge in [-0.1, -0.05) is 75.9 Å². The molecule has 1 fully saturated rings. The van der Waals surface area contributed by atoms with Gasteiger partial charge in [0, 0.05) is 50.0 Å². The number of fused-ring (bicyclic) bond motifs is 2. The lowest BCUT2D eigenvalue weighted by Crippen LogP contribution is -2.52. The van der Waals surface area contributed by atoms with Crippen molar-refractivity contribution in [3.8, 4) is 34.4 Å². The fraction of sp³-hybridized carbons (Fsp3) is 0.500. The summed E-state index contributed by atoms with van der Waals surface area (Å²) in [6.45, 7) is 9.10. The quantitative estimate of drug-likeness (QED) is 0.0514. The van der Waals surface area contributed by atoms with Crippen molar-refractivity contribution >= 4 is 45.2 Å². The fourth-order valence-electron chi connectivity index (χ4n) is 8.62. The normalized spacial score (nSPS) is 14.4. The highest BCUT2D eigenvalue weighted by molar-refractivity contribution is 5.87. The van der Waals surface area contributed by atoms with E-state index in [-0.39, 0.29) is 29.6 Å². The molecule has 16 heteroatoms. The van der Waals surface area contributed by atoms with Crippen molar-refractivity contribution in [3.05, 3.63) is 84.8 Å². The summed E-state index contributed by atoms with van der Waals surface area (Å²) in [6, 6.07) is 18.9. The molecule has 0 aliphatic carbocycles. The number of unbranched alkanes of at least 4 members (excludes halogenated alkanes) is 4. The van der Waals surface area contributed by atoms with Crippen LogP contribution in [-0.2, 0) is 19.2 Å². The smallest absolute Gasteiger partial charge is 0.240 e. The second-order valence-corrected chi connectivity index (χ2v) is 19.2. The largest absolute Gasteiger partial charge is 0.480 e. The Morgan fingerprint density at radius 2 is 1.25 bits per heavy atom. The Labute approximate surface area is 424 Å². The van der Waals surface area contributed by atoms with Gasteiger partial charge in [0.05, 0.1) is 60.2 Å². The van der Waals surface area contributed by atoms with Crippen molar-refractivity contribution < 1.29 is 37.5 Å². The predicted octanol–water partition coefficient (Wildman–Crippen LogP) is 10.3. The van der Waals surface area contributed by atoms with Gasteiger partial charge in [0.2, 0.25) is 35.4 Å². The Balaban J connectivity index is 0.000000235. The number of nitrogens with zero attached hydrogens (tertiary/aromatic N) is 6. The van der Waals surface area contributed by atoms with Gasteiger partial charge in [-0.2, -0.15) is 0 Å².